The van der Waals surface area contributed by atoms with Gasteiger partial charge in [-0.15, -0.1) is 6.58 Å². The number of nitrogens with zero attached hydrogens (tertiary/aromatic N) is 2. The molecule has 3 unspecified atom stereocenters. The average Bonchev–Trinajstić information content (AvgIpc) is 3.34. The second-order valence-corrected chi connectivity index (χ2v) is 13.8. The summed E-state index contributed by atoms with van der Waals surface area (Å²) < 4.78 is 6.41. The van der Waals surface area contributed by atoms with Crippen LogP contribution in [0.4, 0.5) is 0 Å². The zero-order valence-corrected chi connectivity index (χ0v) is 24.2. The molecule has 3 aliphatic rings. The number of alkyl halides is 1. The van der Waals surface area contributed by atoms with E-state index in [0.29, 0.717) is 19.3 Å². The third-order valence-electron chi connectivity index (χ3n) is 8.36. The van der Waals surface area contributed by atoms with Crippen LogP contribution in [0, 0.1) is 23.2 Å². The Morgan fingerprint density at radius 3 is 2.42 bits per heavy atom. The van der Waals surface area contributed by atoms with Gasteiger partial charge in [-0.3, -0.25) is 14.4 Å². The van der Waals surface area contributed by atoms with Crippen LogP contribution in [0.2, 0.25) is 0 Å². The largest absolute Gasteiger partial charge is 0.481 e. The number of amides is 2. The molecule has 2 amide bonds. The summed E-state index contributed by atoms with van der Waals surface area (Å²) in [6, 6.07) is -1.66. The highest BCUT2D eigenvalue weighted by Gasteiger charge is 2.77. The Balaban J connectivity index is 2.19. The molecule has 0 saturated carbocycles. The van der Waals surface area contributed by atoms with Crippen molar-refractivity contribution in [1.82, 2.24) is 9.80 Å². The Bertz CT molecular complexity index is 901. The minimum atomic E-state index is -1.27. The lowest BCUT2D eigenvalue weighted by Gasteiger charge is -2.47. The first-order chi connectivity index (χ1) is 16.6. The van der Waals surface area contributed by atoms with E-state index in [0.717, 1.165) is 0 Å². The van der Waals surface area contributed by atoms with Crippen LogP contribution in [-0.2, 0) is 19.1 Å². The highest BCUT2D eigenvalue weighted by Crippen LogP contribution is 2.61. The number of aliphatic carboxylic acids is 1. The number of fused-ring (bicyclic) bond motifs is 1. The fraction of sp³-hybridized carbons (Fsp3) is 0.815. The van der Waals surface area contributed by atoms with E-state index in [-0.39, 0.29) is 35.2 Å². The monoisotopic (exact) mass is 570 g/mol. The second kappa shape index (κ2) is 10.0. The zero-order valence-electron chi connectivity index (χ0n) is 22.7. The summed E-state index contributed by atoms with van der Waals surface area (Å²) in [5.41, 5.74) is -1.92. The minimum Gasteiger partial charge on any atom is -0.481 e. The molecule has 36 heavy (non-hydrogen) atoms. The van der Waals surface area contributed by atoms with Gasteiger partial charge in [0.1, 0.15) is 11.6 Å². The van der Waals surface area contributed by atoms with Crippen LogP contribution >= 0.6 is 15.9 Å². The van der Waals surface area contributed by atoms with Gasteiger partial charge in [-0.1, -0.05) is 63.0 Å². The van der Waals surface area contributed by atoms with Gasteiger partial charge in [-0.25, -0.2) is 0 Å². The number of halogens is 1. The van der Waals surface area contributed by atoms with E-state index in [1.54, 1.807) is 11.0 Å². The van der Waals surface area contributed by atoms with E-state index in [9.17, 15) is 24.6 Å². The molecule has 0 aromatic heterocycles. The fourth-order valence-electron chi connectivity index (χ4n) is 7.11. The van der Waals surface area contributed by atoms with Gasteiger partial charge in [0, 0.05) is 16.9 Å². The normalized spacial score (nSPS) is 33.4. The lowest BCUT2D eigenvalue weighted by Crippen LogP contribution is -2.63. The van der Waals surface area contributed by atoms with Gasteiger partial charge in [0.05, 0.1) is 30.6 Å². The highest BCUT2D eigenvalue weighted by molar-refractivity contribution is 9.09. The van der Waals surface area contributed by atoms with E-state index < -0.39 is 53.0 Å². The van der Waals surface area contributed by atoms with E-state index >= 15 is 0 Å². The molecule has 3 fully saturated rings. The van der Waals surface area contributed by atoms with Crippen molar-refractivity contribution in [2.24, 2.45) is 23.2 Å². The van der Waals surface area contributed by atoms with Crippen molar-refractivity contribution in [2.75, 3.05) is 13.2 Å². The molecule has 8 atom stereocenters. The van der Waals surface area contributed by atoms with E-state index in [1.165, 1.54) is 4.90 Å². The van der Waals surface area contributed by atoms with Gasteiger partial charge in [-0.05, 0) is 38.0 Å². The number of carbonyl (C=O) groups is 3. The van der Waals surface area contributed by atoms with Crippen molar-refractivity contribution >= 4 is 33.7 Å². The Morgan fingerprint density at radius 1 is 1.33 bits per heavy atom. The Hall–Kier alpha value is -1.45. The van der Waals surface area contributed by atoms with Gasteiger partial charge in [-0.2, -0.15) is 0 Å². The summed E-state index contributed by atoms with van der Waals surface area (Å²) in [4.78, 5) is 44.0. The number of carboxylic acid groups (broad SMARTS) is 1. The SMILES string of the molecule is C=CCN(C(=O)C1N([C@@H](CO)[C@@H](C)CC)C(=O)[C@@H]2[C@@H](C(=O)O)[C@@H]3OC12CC3Br)C(C)(C)CC(C)(C)C. The third-order valence-corrected chi connectivity index (χ3v) is 9.21. The first kappa shape index (κ1) is 29.1. The van der Waals surface area contributed by atoms with Gasteiger partial charge < -0.3 is 24.7 Å². The van der Waals surface area contributed by atoms with Crippen LogP contribution in [-0.4, -0.2) is 85.1 Å². The molecule has 0 radical (unpaired) electrons. The van der Waals surface area contributed by atoms with E-state index in [1.807, 2.05) is 27.7 Å². The lowest BCUT2D eigenvalue weighted by molar-refractivity contribution is -0.157. The predicted molar refractivity (Wildman–Crippen MR) is 141 cm³/mol. The van der Waals surface area contributed by atoms with Crippen LogP contribution in [0.15, 0.2) is 12.7 Å². The van der Waals surface area contributed by atoms with E-state index in [4.69, 9.17) is 4.74 Å². The van der Waals surface area contributed by atoms with Crippen molar-refractivity contribution in [3.8, 4) is 0 Å². The Kier molecular flexibility index (Phi) is 8.11. The fourth-order valence-corrected chi connectivity index (χ4v) is 8.05. The first-order valence-electron chi connectivity index (χ1n) is 13.0. The average molecular weight is 572 g/mol. The maximum atomic E-state index is 14.6. The molecule has 204 valence electrons. The second-order valence-electron chi connectivity index (χ2n) is 12.7. The van der Waals surface area contributed by atoms with Crippen molar-refractivity contribution in [3.63, 3.8) is 0 Å². The quantitative estimate of drug-likeness (QED) is 0.307. The van der Waals surface area contributed by atoms with Crippen molar-refractivity contribution in [1.29, 1.82) is 0 Å². The molecule has 1 spiro atoms. The molecule has 2 N–H and O–H groups in total. The van der Waals surface area contributed by atoms with Gasteiger partial charge >= 0.3 is 5.97 Å². The summed E-state index contributed by atoms with van der Waals surface area (Å²) in [5.74, 6) is -3.92. The Morgan fingerprint density at radius 2 is 1.94 bits per heavy atom. The molecule has 0 aromatic carbocycles. The molecule has 9 heteroatoms. The van der Waals surface area contributed by atoms with Gasteiger partial charge in [0.15, 0.2) is 0 Å². The molecule has 8 nitrogen and oxygen atoms in total. The molecule has 3 aliphatic heterocycles. The summed E-state index contributed by atoms with van der Waals surface area (Å²) >= 11 is 3.59. The number of carbonyl (C=O) groups excluding carboxylic acids is 2. The van der Waals surface area contributed by atoms with Crippen LogP contribution in [0.1, 0.15) is 67.7 Å². The minimum absolute atomic E-state index is 0.0722. The Labute approximate surface area is 223 Å². The van der Waals surface area contributed by atoms with Crippen molar-refractivity contribution in [3.05, 3.63) is 12.7 Å². The van der Waals surface area contributed by atoms with Gasteiger partial charge in [0.2, 0.25) is 11.8 Å². The number of carboxylic acids is 1. The summed E-state index contributed by atoms with van der Waals surface area (Å²) in [6.07, 6.45) is 2.72. The molecule has 3 rings (SSSR count). The maximum Gasteiger partial charge on any atom is 0.310 e. The number of ether oxygens (including phenoxy) is 1. The molecule has 2 bridgehead atoms. The molecular formula is C27H43BrN2O6. The van der Waals surface area contributed by atoms with Crippen molar-refractivity contribution in [2.45, 2.75) is 102 Å². The molecule has 3 heterocycles. The molecule has 0 aliphatic carbocycles. The summed E-state index contributed by atoms with van der Waals surface area (Å²) in [5, 5.41) is 20.5. The van der Waals surface area contributed by atoms with Crippen LogP contribution < -0.4 is 0 Å². The number of hydrogen-bond donors (Lipinski definition) is 2. The van der Waals surface area contributed by atoms with Gasteiger partial charge in [0.25, 0.3) is 0 Å². The van der Waals surface area contributed by atoms with Crippen molar-refractivity contribution < 1.29 is 29.3 Å². The number of likely N-dealkylation sites (tertiary alicyclic amines) is 1. The number of aliphatic hydroxyl groups is 1. The standard InChI is InChI=1S/C27H43BrN2O6/c1-9-11-29(26(7,8)14-25(4,5)6)23(33)21-27-12-16(28)20(36-27)18(24(34)35)19(27)22(32)30(21)17(13-31)15(3)10-2/h9,15-21,31H,1,10-14H2,2-8H3,(H,34,35)/t15-,16?,17-,18+,19-,20+,21?,27?/m0/s1. The number of hydrogen-bond acceptors (Lipinski definition) is 5. The number of aliphatic hydroxyl groups excluding tert-OH is 1. The lowest BCUT2D eigenvalue weighted by atomic mass is 9.70. The van der Waals surface area contributed by atoms with Crippen LogP contribution in [0.25, 0.3) is 0 Å². The predicted octanol–water partition coefficient (Wildman–Crippen LogP) is 3.46. The van der Waals surface area contributed by atoms with Crippen LogP contribution in [0.5, 0.6) is 0 Å². The molecule has 3 saturated heterocycles. The van der Waals surface area contributed by atoms with E-state index in [2.05, 4.69) is 43.3 Å². The summed E-state index contributed by atoms with van der Waals surface area (Å²) in [6.45, 7) is 18.1. The molecule has 0 aromatic rings. The number of rotatable bonds is 10. The third kappa shape index (κ3) is 4.64. The zero-order chi connectivity index (χ0) is 27.4. The first-order valence-corrected chi connectivity index (χ1v) is 13.9. The van der Waals surface area contributed by atoms with Crippen LogP contribution in [0.3, 0.4) is 0 Å². The molecular weight excluding hydrogens is 528 g/mol. The topological polar surface area (TPSA) is 107 Å². The summed E-state index contributed by atoms with van der Waals surface area (Å²) in [7, 11) is 0. The smallest absolute Gasteiger partial charge is 0.310 e. The maximum absolute atomic E-state index is 14.6. The highest BCUT2D eigenvalue weighted by atomic mass is 79.9.